The van der Waals surface area contributed by atoms with Gasteiger partial charge in [-0.3, -0.25) is 0 Å². The van der Waals surface area contributed by atoms with Crippen LogP contribution in [0.4, 0.5) is 0 Å². The predicted octanol–water partition coefficient (Wildman–Crippen LogP) is 5.79. The van der Waals surface area contributed by atoms with Crippen molar-refractivity contribution in [2.24, 2.45) is 0 Å². The molecule has 132 valence electrons. The van der Waals surface area contributed by atoms with E-state index in [1.54, 1.807) is 19.1 Å². The lowest BCUT2D eigenvalue weighted by Crippen LogP contribution is -2.08. The molecule has 0 aliphatic carbocycles. The summed E-state index contributed by atoms with van der Waals surface area (Å²) in [5.41, 5.74) is 2.43. The average molecular weight is 338 g/mol. The molecule has 0 atom stereocenters. The molecule has 0 aliphatic heterocycles. The van der Waals surface area contributed by atoms with Crippen LogP contribution in [0.3, 0.4) is 0 Å². The minimum atomic E-state index is -0.429. The van der Waals surface area contributed by atoms with Gasteiger partial charge in [-0.05, 0) is 31.0 Å². The zero-order chi connectivity index (χ0) is 18.1. The first kappa shape index (κ1) is 18.8. The summed E-state index contributed by atoms with van der Waals surface area (Å²) in [4.78, 5) is 11.7. The Morgan fingerprint density at radius 2 is 1.80 bits per heavy atom. The number of esters is 1. The molecule has 25 heavy (non-hydrogen) atoms. The lowest BCUT2D eigenvalue weighted by molar-refractivity contribution is -0.130. The van der Waals surface area contributed by atoms with E-state index in [1.165, 1.54) is 12.8 Å². The third kappa shape index (κ3) is 5.79. The molecule has 0 saturated heterocycles. The molecule has 3 heteroatoms. The van der Waals surface area contributed by atoms with Gasteiger partial charge in [0.25, 0.3) is 0 Å². The van der Waals surface area contributed by atoms with Gasteiger partial charge in [0, 0.05) is 17.2 Å². The molecule has 2 rings (SSSR count). The van der Waals surface area contributed by atoms with Crippen molar-refractivity contribution in [1.82, 2.24) is 0 Å². The van der Waals surface area contributed by atoms with Gasteiger partial charge in [-0.2, -0.15) is 0 Å². The topological polar surface area (TPSA) is 35.5 Å². The van der Waals surface area contributed by atoms with Crippen molar-refractivity contribution in [3.8, 4) is 22.6 Å². The summed E-state index contributed by atoms with van der Waals surface area (Å²) in [7, 11) is 0. The molecular formula is C22H26O3. The van der Waals surface area contributed by atoms with Crippen molar-refractivity contribution in [3.63, 3.8) is 0 Å². The first-order chi connectivity index (χ1) is 12.1. The van der Waals surface area contributed by atoms with Crippen molar-refractivity contribution in [1.29, 1.82) is 0 Å². The smallest absolute Gasteiger partial charge is 0.338 e. The summed E-state index contributed by atoms with van der Waals surface area (Å²) in [5.74, 6) is 0.771. The van der Waals surface area contributed by atoms with E-state index in [4.69, 9.17) is 9.47 Å². The zero-order valence-electron chi connectivity index (χ0n) is 15.1. The lowest BCUT2D eigenvalue weighted by atomic mass is 10.0. The van der Waals surface area contributed by atoms with Gasteiger partial charge in [-0.15, -0.1) is 0 Å². The van der Waals surface area contributed by atoms with Crippen LogP contribution in [0.25, 0.3) is 11.1 Å². The van der Waals surface area contributed by atoms with Gasteiger partial charge in [0.1, 0.15) is 11.5 Å². The number of carbonyl (C=O) groups is 1. The summed E-state index contributed by atoms with van der Waals surface area (Å²) in [6, 6.07) is 15.5. The van der Waals surface area contributed by atoms with Gasteiger partial charge < -0.3 is 9.47 Å². The van der Waals surface area contributed by atoms with E-state index in [0.29, 0.717) is 17.9 Å². The van der Waals surface area contributed by atoms with Crippen LogP contribution in [-0.2, 0) is 4.79 Å². The van der Waals surface area contributed by atoms with Crippen LogP contribution in [0, 0.1) is 0 Å². The molecule has 0 fully saturated rings. The maximum Gasteiger partial charge on any atom is 0.338 e. The Hall–Kier alpha value is -2.55. The molecule has 0 radical (unpaired) electrons. The molecular weight excluding hydrogens is 312 g/mol. The summed E-state index contributed by atoms with van der Waals surface area (Å²) in [5, 5.41) is 0. The van der Waals surface area contributed by atoms with E-state index in [1.807, 2.05) is 36.4 Å². The van der Waals surface area contributed by atoms with Crippen LogP contribution in [0.5, 0.6) is 11.5 Å². The quantitative estimate of drug-likeness (QED) is 0.251. The van der Waals surface area contributed by atoms with Crippen LogP contribution in [0.2, 0.25) is 0 Å². The van der Waals surface area contributed by atoms with E-state index in [9.17, 15) is 4.79 Å². The number of unbranched alkanes of at least 4 members (excludes halogenated alkanes) is 3. The van der Waals surface area contributed by atoms with Crippen LogP contribution in [0.15, 0.2) is 60.7 Å². The standard InChI is InChI=1S/C22H26O3/c1-4-5-6-10-15-24-21-16-19(25-22(23)17(2)3)13-14-20(21)18-11-8-7-9-12-18/h7-9,11-14,16H,2,4-6,10,15H2,1,3H3. The number of hydrogen-bond donors (Lipinski definition) is 0. The van der Waals surface area contributed by atoms with E-state index in [0.717, 1.165) is 29.7 Å². The molecule has 2 aromatic carbocycles. The second-order valence-electron chi connectivity index (χ2n) is 6.10. The van der Waals surface area contributed by atoms with Crippen molar-refractivity contribution in [2.75, 3.05) is 6.61 Å². The minimum Gasteiger partial charge on any atom is -0.493 e. The monoisotopic (exact) mass is 338 g/mol. The number of rotatable bonds is 9. The molecule has 2 aromatic rings. The highest BCUT2D eigenvalue weighted by Gasteiger charge is 2.11. The molecule has 0 saturated carbocycles. The Kier molecular flexibility index (Phi) is 7.27. The zero-order valence-corrected chi connectivity index (χ0v) is 15.1. The van der Waals surface area contributed by atoms with E-state index in [2.05, 4.69) is 13.5 Å². The van der Waals surface area contributed by atoms with E-state index in [-0.39, 0.29) is 0 Å². The fourth-order valence-electron chi connectivity index (χ4n) is 2.45. The maximum atomic E-state index is 11.7. The molecule has 0 aliphatic rings. The van der Waals surface area contributed by atoms with Crippen LogP contribution in [0.1, 0.15) is 39.5 Å². The fraction of sp³-hybridized carbons (Fsp3) is 0.318. The van der Waals surface area contributed by atoms with Crippen LogP contribution in [-0.4, -0.2) is 12.6 Å². The average Bonchev–Trinajstić information content (AvgIpc) is 2.62. The predicted molar refractivity (Wildman–Crippen MR) is 102 cm³/mol. The molecule has 0 bridgehead atoms. The largest absolute Gasteiger partial charge is 0.493 e. The Morgan fingerprint density at radius 1 is 1.04 bits per heavy atom. The number of carbonyl (C=O) groups excluding carboxylic acids is 1. The number of benzene rings is 2. The van der Waals surface area contributed by atoms with Gasteiger partial charge in [0.15, 0.2) is 0 Å². The normalized spacial score (nSPS) is 10.3. The highest BCUT2D eigenvalue weighted by atomic mass is 16.5. The van der Waals surface area contributed by atoms with Crippen LogP contribution < -0.4 is 9.47 Å². The Labute approximate surface area is 150 Å². The molecule has 0 unspecified atom stereocenters. The second-order valence-corrected chi connectivity index (χ2v) is 6.10. The summed E-state index contributed by atoms with van der Waals surface area (Å²) < 4.78 is 11.3. The van der Waals surface area contributed by atoms with Gasteiger partial charge >= 0.3 is 5.97 Å². The minimum absolute atomic E-state index is 0.370. The summed E-state index contributed by atoms with van der Waals surface area (Å²) >= 11 is 0. The van der Waals surface area contributed by atoms with Gasteiger partial charge in [-0.25, -0.2) is 4.79 Å². The molecule has 0 aromatic heterocycles. The number of ether oxygens (including phenoxy) is 2. The summed E-state index contributed by atoms with van der Waals surface area (Å²) in [6.07, 6.45) is 4.58. The lowest BCUT2D eigenvalue weighted by Gasteiger charge is -2.14. The van der Waals surface area contributed by atoms with Gasteiger partial charge in [-0.1, -0.05) is 63.1 Å². The Bertz CT molecular complexity index is 704. The highest BCUT2D eigenvalue weighted by Crippen LogP contribution is 2.33. The van der Waals surface area contributed by atoms with E-state index >= 15 is 0 Å². The molecule has 3 nitrogen and oxygen atoms in total. The van der Waals surface area contributed by atoms with E-state index < -0.39 is 5.97 Å². The first-order valence-corrected chi connectivity index (χ1v) is 8.81. The molecule has 0 amide bonds. The first-order valence-electron chi connectivity index (χ1n) is 8.81. The fourth-order valence-corrected chi connectivity index (χ4v) is 2.45. The van der Waals surface area contributed by atoms with Crippen molar-refractivity contribution in [3.05, 3.63) is 60.7 Å². The molecule has 0 N–H and O–H groups in total. The third-order valence-corrected chi connectivity index (χ3v) is 3.85. The maximum absolute atomic E-state index is 11.7. The third-order valence-electron chi connectivity index (χ3n) is 3.85. The SMILES string of the molecule is C=C(C)C(=O)Oc1ccc(-c2ccccc2)c(OCCCCCC)c1. The Balaban J connectivity index is 2.19. The second kappa shape index (κ2) is 9.67. The Morgan fingerprint density at radius 3 is 2.48 bits per heavy atom. The molecule has 0 spiro atoms. The van der Waals surface area contributed by atoms with Crippen molar-refractivity contribution >= 4 is 5.97 Å². The van der Waals surface area contributed by atoms with Gasteiger partial charge in [0.05, 0.1) is 6.61 Å². The number of hydrogen-bond acceptors (Lipinski definition) is 3. The van der Waals surface area contributed by atoms with Crippen molar-refractivity contribution < 1.29 is 14.3 Å². The highest BCUT2D eigenvalue weighted by molar-refractivity contribution is 5.89. The summed E-state index contributed by atoms with van der Waals surface area (Å²) in [6.45, 7) is 8.08. The van der Waals surface area contributed by atoms with Crippen LogP contribution >= 0.6 is 0 Å². The van der Waals surface area contributed by atoms with Crippen molar-refractivity contribution in [2.45, 2.75) is 39.5 Å². The van der Waals surface area contributed by atoms with Gasteiger partial charge in [0.2, 0.25) is 0 Å². The molecule has 0 heterocycles.